The zero-order valence-corrected chi connectivity index (χ0v) is 16.8. The van der Waals surface area contributed by atoms with Crippen LogP contribution in [0.4, 0.5) is 5.69 Å². The van der Waals surface area contributed by atoms with Crippen molar-refractivity contribution in [2.45, 2.75) is 63.2 Å². The first-order valence-electron chi connectivity index (χ1n) is 9.10. The number of benzene rings is 1. The molecule has 0 aliphatic rings. The monoisotopic (exact) mass is 382 g/mol. The molecule has 26 heavy (non-hydrogen) atoms. The number of rotatable bonds is 12. The van der Waals surface area contributed by atoms with Crippen molar-refractivity contribution in [3.63, 3.8) is 0 Å². The van der Waals surface area contributed by atoms with E-state index in [0.717, 1.165) is 12.8 Å². The van der Waals surface area contributed by atoms with Crippen LogP contribution in [0.1, 0.15) is 58.3 Å². The molecular weight excluding hydrogens is 352 g/mol. The first kappa shape index (κ1) is 22.1. The summed E-state index contributed by atoms with van der Waals surface area (Å²) in [6.45, 7) is 2.17. The smallest absolute Gasteiger partial charge is 0.264 e. The maximum Gasteiger partial charge on any atom is 0.264 e. The molecule has 0 spiro atoms. The number of carbonyl (C=O) groups is 1. The first-order chi connectivity index (χ1) is 12.3. The summed E-state index contributed by atoms with van der Waals surface area (Å²) in [5.41, 5.74) is 0.534. The van der Waals surface area contributed by atoms with Crippen molar-refractivity contribution in [3.8, 4) is 0 Å². The second-order valence-corrected chi connectivity index (χ2v) is 8.11. The fourth-order valence-electron chi connectivity index (χ4n) is 2.34. The van der Waals surface area contributed by atoms with E-state index in [2.05, 4.69) is 22.0 Å². The lowest BCUT2D eigenvalue weighted by atomic mass is 10.1. The summed E-state index contributed by atoms with van der Waals surface area (Å²) in [5.74, 6) is -0.463. The number of carbonyl (C=O) groups excluding carboxylic acids is 1. The van der Waals surface area contributed by atoms with Crippen LogP contribution < -0.4 is 4.72 Å². The molecule has 0 unspecified atom stereocenters. The van der Waals surface area contributed by atoms with Crippen molar-refractivity contribution >= 4 is 21.6 Å². The van der Waals surface area contributed by atoms with Gasteiger partial charge in [0.05, 0.1) is 10.6 Å². The van der Waals surface area contributed by atoms with Gasteiger partial charge in [-0.1, -0.05) is 50.7 Å². The van der Waals surface area contributed by atoms with Crippen LogP contribution >= 0.6 is 0 Å². The van der Waals surface area contributed by atoms with Crippen molar-refractivity contribution in [2.75, 3.05) is 14.1 Å². The van der Waals surface area contributed by atoms with Crippen LogP contribution in [-0.4, -0.2) is 33.4 Å². The molecule has 0 radical (unpaired) electrons. The van der Waals surface area contributed by atoms with Gasteiger partial charge in [0.15, 0.2) is 0 Å². The predicted octanol–water partition coefficient (Wildman–Crippen LogP) is 4.19. The first-order valence-corrected chi connectivity index (χ1v) is 10.6. The van der Waals surface area contributed by atoms with Gasteiger partial charge in [-0.15, -0.1) is 5.11 Å². The second kappa shape index (κ2) is 11.6. The van der Waals surface area contributed by atoms with E-state index in [4.69, 9.17) is 0 Å². The van der Waals surface area contributed by atoms with Gasteiger partial charge in [0, 0.05) is 20.5 Å². The fourth-order valence-corrected chi connectivity index (χ4v) is 3.35. The van der Waals surface area contributed by atoms with E-state index in [-0.39, 0.29) is 11.3 Å². The molecule has 0 bridgehead atoms. The predicted molar refractivity (Wildman–Crippen MR) is 103 cm³/mol. The maximum absolute atomic E-state index is 12.2. The van der Waals surface area contributed by atoms with E-state index in [1.165, 1.54) is 42.8 Å². The molecule has 0 aliphatic heterocycles. The lowest BCUT2D eigenvalue weighted by molar-refractivity contribution is -0.119. The molecular formula is C18H30N4O3S. The number of hydrogen-bond donors (Lipinski definition) is 1. The van der Waals surface area contributed by atoms with E-state index in [1.807, 2.05) is 0 Å². The average Bonchev–Trinajstić information content (AvgIpc) is 2.59. The summed E-state index contributed by atoms with van der Waals surface area (Å²) < 4.78 is 26.6. The van der Waals surface area contributed by atoms with Crippen molar-refractivity contribution in [2.24, 2.45) is 10.3 Å². The summed E-state index contributed by atoms with van der Waals surface area (Å²) in [4.78, 5) is 11.9. The van der Waals surface area contributed by atoms with Crippen molar-refractivity contribution in [1.29, 1.82) is 0 Å². The molecule has 0 aromatic heterocycles. The summed E-state index contributed by atoms with van der Waals surface area (Å²) in [6, 6.07) is 5.91. The molecule has 1 aromatic rings. The van der Waals surface area contributed by atoms with Gasteiger partial charge < -0.3 is 0 Å². The molecule has 8 heteroatoms. The van der Waals surface area contributed by atoms with Crippen molar-refractivity contribution in [1.82, 2.24) is 9.73 Å². The van der Waals surface area contributed by atoms with E-state index in [1.54, 1.807) is 26.2 Å². The van der Waals surface area contributed by atoms with Crippen LogP contribution in [0, 0.1) is 0 Å². The Kier molecular flexibility index (Phi) is 9.87. The summed E-state index contributed by atoms with van der Waals surface area (Å²) in [6.07, 6.45) is 7.81. The van der Waals surface area contributed by atoms with E-state index in [0.29, 0.717) is 12.1 Å². The summed E-state index contributed by atoms with van der Waals surface area (Å²) >= 11 is 0. The van der Waals surface area contributed by atoms with Gasteiger partial charge >= 0.3 is 0 Å². The molecule has 0 aliphatic carbocycles. The minimum Gasteiger partial charge on any atom is -0.285 e. The Labute approximate surface area is 156 Å². The molecule has 1 N–H and O–H groups in total. The molecule has 0 heterocycles. The Hall–Kier alpha value is -1.96. The highest BCUT2D eigenvalue weighted by Crippen LogP contribution is 2.17. The van der Waals surface area contributed by atoms with Gasteiger partial charge in [-0.25, -0.2) is 13.1 Å². The molecule has 146 valence electrons. The normalized spacial score (nSPS) is 11.7. The Balaban J connectivity index is 2.43. The molecule has 0 saturated heterocycles. The molecule has 1 amide bonds. The Morgan fingerprint density at radius 2 is 1.58 bits per heavy atom. The van der Waals surface area contributed by atoms with Gasteiger partial charge in [-0.05, 0) is 30.7 Å². The standard InChI is InChI=1S/C18H30N4O3S/c1-4-5-6-7-8-9-10-11-18(23)20-26(24,25)17-14-12-16(13-15-17)19-21-22(2)3/h12-15H,4-11H2,1-3H3,(H,20,23). The number of nitrogens with zero attached hydrogens (tertiary/aromatic N) is 3. The zero-order chi connectivity index (χ0) is 19.4. The van der Waals surface area contributed by atoms with Gasteiger partial charge in [0.1, 0.15) is 0 Å². The van der Waals surface area contributed by atoms with Gasteiger partial charge in [-0.2, -0.15) is 0 Å². The minimum absolute atomic E-state index is 0.0363. The van der Waals surface area contributed by atoms with Crippen LogP contribution in [0.15, 0.2) is 39.5 Å². The third-order valence-electron chi connectivity index (χ3n) is 3.74. The van der Waals surface area contributed by atoms with E-state index in [9.17, 15) is 13.2 Å². The maximum atomic E-state index is 12.2. The largest absolute Gasteiger partial charge is 0.285 e. The molecule has 0 saturated carbocycles. The topological polar surface area (TPSA) is 91.2 Å². The van der Waals surface area contributed by atoms with E-state index >= 15 is 0 Å². The summed E-state index contributed by atoms with van der Waals surface area (Å²) in [5, 5.41) is 9.31. The lowest BCUT2D eigenvalue weighted by Gasteiger charge is -2.07. The molecule has 0 fully saturated rings. The third-order valence-corrected chi connectivity index (χ3v) is 5.13. The van der Waals surface area contributed by atoms with Crippen LogP contribution in [-0.2, 0) is 14.8 Å². The molecule has 1 aromatic carbocycles. The fraction of sp³-hybridized carbons (Fsp3) is 0.611. The molecule has 0 atom stereocenters. The van der Waals surface area contributed by atoms with Crippen molar-refractivity contribution in [3.05, 3.63) is 24.3 Å². The third kappa shape index (κ3) is 8.94. The quantitative estimate of drug-likeness (QED) is 0.333. The second-order valence-electron chi connectivity index (χ2n) is 6.43. The Bertz CT molecular complexity index is 670. The highest BCUT2D eigenvalue weighted by atomic mass is 32.2. The number of hydrogen-bond acceptors (Lipinski definition) is 5. The average molecular weight is 383 g/mol. The molecule has 1 rings (SSSR count). The van der Waals surface area contributed by atoms with Crippen LogP contribution in [0.2, 0.25) is 0 Å². The molecule has 7 nitrogen and oxygen atoms in total. The lowest BCUT2D eigenvalue weighted by Crippen LogP contribution is -2.30. The SMILES string of the molecule is CCCCCCCCCC(=O)NS(=O)(=O)c1ccc(N=NN(C)C)cc1. The van der Waals surface area contributed by atoms with E-state index < -0.39 is 15.9 Å². The van der Waals surface area contributed by atoms with Gasteiger partial charge in [0.2, 0.25) is 5.91 Å². The van der Waals surface area contributed by atoms with Crippen molar-refractivity contribution < 1.29 is 13.2 Å². The van der Waals surface area contributed by atoms with Crippen LogP contribution in [0.3, 0.4) is 0 Å². The minimum atomic E-state index is -3.84. The highest BCUT2D eigenvalue weighted by molar-refractivity contribution is 7.90. The van der Waals surface area contributed by atoms with Gasteiger partial charge in [0.25, 0.3) is 10.0 Å². The van der Waals surface area contributed by atoms with Crippen LogP contribution in [0.5, 0.6) is 0 Å². The Morgan fingerprint density at radius 3 is 2.15 bits per heavy atom. The Morgan fingerprint density at radius 1 is 1.00 bits per heavy atom. The number of sulfonamides is 1. The highest BCUT2D eigenvalue weighted by Gasteiger charge is 2.17. The number of amides is 1. The number of unbranched alkanes of at least 4 members (excludes halogenated alkanes) is 6. The summed E-state index contributed by atoms with van der Waals surface area (Å²) in [7, 11) is -0.366. The van der Waals surface area contributed by atoms with Gasteiger partial charge in [-0.3, -0.25) is 9.80 Å². The number of nitrogens with one attached hydrogen (secondary N) is 1. The van der Waals surface area contributed by atoms with Crippen LogP contribution in [0.25, 0.3) is 0 Å². The zero-order valence-electron chi connectivity index (χ0n) is 15.9.